The van der Waals surface area contributed by atoms with Crippen LogP contribution in [0.15, 0.2) is 35.3 Å². The molecule has 6 heteroatoms. The zero-order valence-corrected chi connectivity index (χ0v) is 14.8. The molecule has 0 radical (unpaired) electrons. The minimum absolute atomic E-state index is 0.0120. The maximum atomic E-state index is 12.6. The standard InChI is InChI=1S/C19H24N4O2/c1-11(2)8-12(20)10-25-13-4-5-14-15-6-7-22-18(21)17(15)19(24)23(3)16(14)9-13/h4-7,9,11-12H,8,10,20H2,1-3H3,(H2,21,22). The lowest BCUT2D eigenvalue weighted by atomic mass is 10.1. The number of ether oxygens (including phenoxy) is 1. The van der Waals surface area contributed by atoms with Crippen molar-refractivity contribution in [3.63, 3.8) is 0 Å². The molecular weight excluding hydrogens is 316 g/mol. The van der Waals surface area contributed by atoms with Crippen LogP contribution in [0.5, 0.6) is 5.75 Å². The summed E-state index contributed by atoms with van der Waals surface area (Å²) in [5.74, 6) is 1.48. The fourth-order valence-corrected chi connectivity index (χ4v) is 3.19. The normalized spacial score (nSPS) is 12.8. The number of rotatable bonds is 5. The molecule has 0 spiro atoms. The summed E-state index contributed by atoms with van der Waals surface area (Å²) in [7, 11) is 1.73. The van der Waals surface area contributed by atoms with Gasteiger partial charge in [-0.1, -0.05) is 13.8 Å². The Morgan fingerprint density at radius 2 is 2.00 bits per heavy atom. The summed E-state index contributed by atoms with van der Waals surface area (Å²) < 4.78 is 7.41. The molecule has 1 aromatic carbocycles. The van der Waals surface area contributed by atoms with Crippen molar-refractivity contribution in [2.75, 3.05) is 12.3 Å². The summed E-state index contributed by atoms with van der Waals surface area (Å²) in [5.41, 5.74) is 12.6. The molecule has 4 N–H and O–H groups in total. The highest BCUT2D eigenvalue weighted by atomic mass is 16.5. The number of nitrogens with zero attached hydrogens (tertiary/aromatic N) is 2. The van der Waals surface area contributed by atoms with Crippen LogP contribution in [0.2, 0.25) is 0 Å². The minimum atomic E-state index is -0.165. The number of nitrogens with two attached hydrogens (primary N) is 2. The second-order valence-corrected chi connectivity index (χ2v) is 6.86. The summed E-state index contributed by atoms with van der Waals surface area (Å²) in [5, 5.41) is 2.18. The highest BCUT2D eigenvalue weighted by Crippen LogP contribution is 2.27. The summed E-state index contributed by atoms with van der Waals surface area (Å²) in [6, 6.07) is 7.51. The van der Waals surface area contributed by atoms with Crippen molar-refractivity contribution in [3.8, 4) is 5.75 Å². The van der Waals surface area contributed by atoms with E-state index in [4.69, 9.17) is 16.2 Å². The Kier molecular flexibility index (Phi) is 4.63. The molecule has 132 valence electrons. The first kappa shape index (κ1) is 17.2. The second-order valence-electron chi connectivity index (χ2n) is 6.86. The van der Waals surface area contributed by atoms with Gasteiger partial charge in [-0.15, -0.1) is 0 Å². The van der Waals surface area contributed by atoms with Crippen LogP contribution < -0.4 is 21.8 Å². The third kappa shape index (κ3) is 3.30. The van der Waals surface area contributed by atoms with Gasteiger partial charge in [0.2, 0.25) is 0 Å². The minimum Gasteiger partial charge on any atom is -0.492 e. The lowest BCUT2D eigenvalue weighted by Gasteiger charge is -2.16. The Balaban J connectivity index is 2.02. The summed E-state index contributed by atoms with van der Waals surface area (Å²) >= 11 is 0. The molecule has 0 fully saturated rings. The van der Waals surface area contributed by atoms with E-state index in [9.17, 15) is 4.79 Å². The van der Waals surface area contributed by atoms with Gasteiger partial charge in [-0.2, -0.15) is 0 Å². The molecule has 25 heavy (non-hydrogen) atoms. The molecule has 0 saturated heterocycles. The lowest BCUT2D eigenvalue weighted by molar-refractivity contribution is 0.271. The van der Waals surface area contributed by atoms with Gasteiger partial charge in [-0.3, -0.25) is 4.79 Å². The average Bonchev–Trinajstić information content (AvgIpc) is 2.57. The van der Waals surface area contributed by atoms with Crippen LogP contribution in [-0.4, -0.2) is 22.2 Å². The molecule has 0 saturated carbocycles. The van der Waals surface area contributed by atoms with E-state index in [-0.39, 0.29) is 17.4 Å². The maximum absolute atomic E-state index is 12.6. The van der Waals surface area contributed by atoms with Crippen LogP contribution in [0.4, 0.5) is 5.82 Å². The molecule has 1 atom stereocenters. The second kappa shape index (κ2) is 6.72. The SMILES string of the molecule is CC(C)CC(N)COc1ccc2c3ccnc(N)c3c(=O)n(C)c2c1. The molecule has 0 bridgehead atoms. The number of hydrogen-bond acceptors (Lipinski definition) is 5. The monoisotopic (exact) mass is 340 g/mol. The van der Waals surface area contributed by atoms with Crippen molar-refractivity contribution >= 4 is 27.5 Å². The smallest absolute Gasteiger partial charge is 0.262 e. The van der Waals surface area contributed by atoms with Crippen molar-refractivity contribution in [1.82, 2.24) is 9.55 Å². The van der Waals surface area contributed by atoms with Gasteiger partial charge < -0.3 is 20.8 Å². The van der Waals surface area contributed by atoms with E-state index in [1.165, 1.54) is 0 Å². The number of hydrogen-bond donors (Lipinski definition) is 2. The van der Waals surface area contributed by atoms with E-state index < -0.39 is 0 Å². The fraction of sp³-hybridized carbons (Fsp3) is 0.368. The Morgan fingerprint density at radius 3 is 2.72 bits per heavy atom. The Hall–Kier alpha value is -2.60. The predicted molar refractivity (Wildman–Crippen MR) is 102 cm³/mol. The van der Waals surface area contributed by atoms with Crippen molar-refractivity contribution < 1.29 is 4.74 Å². The molecule has 0 amide bonds. The van der Waals surface area contributed by atoms with Gasteiger partial charge in [0.05, 0.1) is 10.9 Å². The number of aromatic nitrogens is 2. The lowest BCUT2D eigenvalue weighted by Crippen LogP contribution is -2.29. The molecule has 1 unspecified atom stereocenters. The molecule has 3 rings (SSSR count). The van der Waals surface area contributed by atoms with Gasteiger partial charge in [-0.25, -0.2) is 4.98 Å². The van der Waals surface area contributed by atoms with E-state index in [0.29, 0.717) is 23.7 Å². The Morgan fingerprint density at radius 1 is 1.24 bits per heavy atom. The van der Waals surface area contributed by atoms with Gasteiger partial charge >= 0.3 is 0 Å². The van der Waals surface area contributed by atoms with Crippen LogP contribution >= 0.6 is 0 Å². The summed E-state index contributed by atoms with van der Waals surface area (Å²) in [6.45, 7) is 4.72. The molecular formula is C19H24N4O2. The van der Waals surface area contributed by atoms with Crippen molar-refractivity contribution in [2.24, 2.45) is 18.7 Å². The van der Waals surface area contributed by atoms with Crippen molar-refractivity contribution in [3.05, 3.63) is 40.8 Å². The number of aryl methyl sites for hydroxylation is 1. The van der Waals surface area contributed by atoms with Crippen molar-refractivity contribution in [2.45, 2.75) is 26.3 Å². The fourth-order valence-electron chi connectivity index (χ4n) is 3.19. The van der Waals surface area contributed by atoms with Crippen LogP contribution in [-0.2, 0) is 7.05 Å². The highest BCUT2D eigenvalue weighted by molar-refractivity contribution is 6.08. The number of pyridine rings is 2. The summed E-state index contributed by atoms with van der Waals surface area (Å²) in [6.07, 6.45) is 2.52. The van der Waals surface area contributed by atoms with E-state index in [2.05, 4.69) is 18.8 Å². The first-order valence-electron chi connectivity index (χ1n) is 8.43. The molecule has 0 aliphatic rings. The van der Waals surface area contributed by atoms with Gasteiger partial charge in [-0.05, 0) is 30.5 Å². The zero-order chi connectivity index (χ0) is 18.1. The largest absolute Gasteiger partial charge is 0.492 e. The number of nitrogen functional groups attached to an aromatic ring is 1. The van der Waals surface area contributed by atoms with Gasteiger partial charge in [0.15, 0.2) is 0 Å². The van der Waals surface area contributed by atoms with E-state index in [0.717, 1.165) is 22.7 Å². The highest BCUT2D eigenvalue weighted by Gasteiger charge is 2.13. The summed E-state index contributed by atoms with van der Waals surface area (Å²) in [4.78, 5) is 16.7. The van der Waals surface area contributed by atoms with E-state index >= 15 is 0 Å². The molecule has 2 aromatic heterocycles. The predicted octanol–water partition coefficient (Wildman–Crippen LogP) is 2.42. The van der Waals surface area contributed by atoms with Gasteiger partial charge in [0.1, 0.15) is 18.2 Å². The number of anilines is 1. The zero-order valence-electron chi connectivity index (χ0n) is 14.8. The van der Waals surface area contributed by atoms with Crippen molar-refractivity contribution in [1.29, 1.82) is 0 Å². The molecule has 3 aromatic rings. The van der Waals surface area contributed by atoms with E-state index in [1.54, 1.807) is 17.8 Å². The quantitative estimate of drug-likeness (QED) is 0.695. The van der Waals surface area contributed by atoms with Gasteiger partial charge in [0.25, 0.3) is 5.56 Å². The third-order valence-corrected chi connectivity index (χ3v) is 4.36. The molecule has 6 nitrogen and oxygen atoms in total. The van der Waals surface area contributed by atoms with Crippen LogP contribution in [0.25, 0.3) is 21.7 Å². The first-order chi connectivity index (χ1) is 11.9. The number of benzene rings is 1. The Bertz CT molecular complexity index is 978. The van der Waals surface area contributed by atoms with Crippen LogP contribution in [0, 0.1) is 5.92 Å². The molecule has 0 aliphatic carbocycles. The van der Waals surface area contributed by atoms with Crippen LogP contribution in [0.3, 0.4) is 0 Å². The van der Waals surface area contributed by atoms with E-state index in [1.807, 2.05) is 24.3 Å². The third-order valence-electron chi connectivity index (χ3n) is 4.36. The molecule has 0 aliphatic heterocycles. The van der Waals surface area contributed by atoms with Crippen LogP contribution in [0.1, 0.15) is 20.3 Å². The number of fused-ring (bicyclic) bond motifs is 3. The first-order valence-corrected chi connectivity index (χ1v) is 8.43. The van der Waals surface area contributed by atoms with Gasteiger partial charge in [0, 0.05) is 36.1 Å². The Labute approximate surface area is 146 Å². The topological polar surface area (TPSA) is 96.2 Å². The maximum Gasteiger partial charge on any atom is 0.262 e. The molecule has 2 heterocycles. The average molecular weight is 340 g/mol.